The number of anilines is 6. The van der Waals surface area contributed by atoms with Gasteiger partial charge < -0.3 is 28.1 Å². The van der Waals surface area contributed by atoms with Crippen LogP contribution in [0.2, 0.25) is 0 Å². The average molecular weight is 1640 g/mol. The molecule has 2 aliphatic heterocycles. The van der Waals surface area contributed by atoms with Gasteiger partial charge in [-0.1, -0.05) is 298 Å². The molecule has 0 fully saturated rings. The molecule has 20 aromatic rings. The van der Waals surface area contributed by atoms with E-state index < -0.39 is 144 Å². The molecule has 0 amide bonds. The van der Waals surface area contributed by atoms with Crippen molar-refractivity contribution in [3.05, 3.63) is 367 Å². The van der Waals surface area contributed by atoms with Gasteiger partial charge in [-0.25, -0.2) is 0 Å². The van der Waals surface area contributed by atoms with E-state index in [1.807, 2.05) is 53.4 Å². The number of hydrogen-bond donors (Lipinski definition) is 0. The van der Waals surface area contributed by atoms with E-state index in [1.165, 1.54) is 21.3 Å². The quantitative estimate of drug-likeness (QED) is 0.135. The number of nitriles is 1. The van der Waals surface area contributed by atoms with E-state index >= 15 is 0 Å². The highest BCUT2D eigenvalue weighted by Gasteiger charge is 2.46. The van der Waals surface area contributed by atoms with Gasteiger partial charge in [0.2, 0.25) is 0 Å². The molecule has 6 heterocycles. The Balaban J connectivity index is 0.972. The van der Waals surface area contributed by atoms with Gasteiger partial charge in [-0.15, -0.1) is 0 Å². The molecule has 8 heteroatoms. The minimum atomic E-state index is -0.896. The fourth-order valence-electron chi connectivity index (χ4n) is 19.3. The second kappa shape index (κ2) is 27.9. The van der Waals surface area contributed by atoms with Crippen LogP contribution in [-0.2, 0) is 27.1 Å². The highest BCUT2D eigenvalue weighted by atomic mass is 15.2. The van der Waals surface area contributed by atoms with Crippen molar-refractivity contribution in [1.29, 1.82) is 5.26 Å². The lowest BCUT2D eigenvalue weighted by atomic mass is 9.33. The topological polar surface area (TPSA) is 50.0 Å². The van der Waals surface area contributed by atoms with Gasteiger partial charge in [0.05, 0.1) is 94.2 Å². The first-order valence-corrected chi connectivity index (χ1v) is 42.7. The third-order valence-electron chi connectivity index (χ3n) is 25.8. The molecule has 0 atom stereocenters. The maximum atomic E-state index is 12.7. The SMILES string of the molecule is [2H]c1c([2H])c([2H])c(-c2c([2H])c([2H])c([2H])c3c2c2c([2H])c([2H])c([2H])c([2H])c2n3-c2ccc(C#N)c(N3c4cc(-n5c6ccc(C(C)(C)C)cc6c6cc(C(C)(C)C)ccc65)ccc4B4c5ccc(-n6c7ccc(C(C)(C)C)cc7c7cc(C(C)(C)C)ccc76)cc5N(c5c(-c6ccccc6)cc(C(C)(C)C)cc5-c5ccccc5)c5cc(-n6c7c([2H])c([2H])c([2H])c([2H])c7c7c([2H])c([2H])c([2H])c([2H])c76)cc3c54)c2)c([2H])c1[2H]. The second-order valence-corrected chi connectivity index (χ2v) is 38.6. The van der Waals surface area contributed by atoms with Gasteiger partial charge in [0.15, 0.2) is 0 Å². The molecular weight excluding hydrogens is 1510 g/mol. The monoisotopic (exact) mass is 1630 g/mol. The summed E-state index contributed by atoms with van der Waals surface area (Å²) in [4.78, 5) is 4.22. The molecule has 0 spiro atoms. The van der Waals surface area contributed by atoms with E-state index in [-0.39, 0.29) is 87.9 Å². The van der Waals surface area contributed by atoms with E-state index in [9.17, 15) is 28.6 Å². The Kier molecular flexibility index (Phi) is 13.0. The van der Waals surface area contributed by atoms with Crippen molar-refractivity contribution >= 4 is 144 Å². The van der Waals surface area contributed by atoms with Crippen LogP contribution >= 0.6 is 0 Å². The summed E-state index contributed by atoms with van der Waals surface area (Å²) >= 11 is 0. The van der Waals surface area contributed by atoms with Crippen LogP contribution in [0.1, 0.15) is 165 Å². The molecule has 22 rings (SSSR count). The molecule has 4 aromatic heterocycles. The number of benzene rings is 16. The summed E-state index contributed by atoms with van der Waals surface area (Å²) in [6.45, 7) is 32.0. The van der Waals surface area contributed by atoms with Gasteiger partial charge in [0.1, 0.15) is 6.07 Å². The number of nitrogens with zero attached hydrogens (tertiary/aromatic N) is 7. The molecule has 0 unspecified atom stereocenters. The third kappa shape index (κ3) is 12.2. The number of hydrogen-bond acceptors (Lipinski definition) is 3. The summed E-state index contributed by atoms with van der Waals surface area (Å²) in [5.41, 5.74) is 14.5. The minimum Gasteiger partial charge on any atom is -0.310 e. The first-order valence-electron chi connectivity index (χ1n) is 52.7. The van der Waals surface area contributed by atoms with Crippen LogP contribution in [0.4, 0.5) is 34.1 Å². The molecule has 2 aliphatic rings. The lowest BCUT2D eigenvalue weighted by Gasteiger charge is -2.45. The lowest BCUT2D eigenvalue weighted by molar-refractivity contribution is 0.590. The molecule has 606 valence electrons. The first-order chi connectivity index (χ1) is 68.4. The van der Waals surface area contributed by atoms with Gasteiger partial charge >= 0.3 is 0 Å². The number of rotatable bonds is 9. The summed E-state index contributed by atoms with van der Waals surface area (Å²) in [6, 6.07) is 61.4. The number of fused-ring (bicyclic) bond motifs is 16. The summed E-state index contributed by atoms with van der Waals surface area (Å²) in [6.07, 6.45) is 0. The zero-order chi connectivity index (χ0) is 103. The summed E-state index contributed by atoms with van der Waals surface area (Å²) in [5, 5.41) is 15.7. The summed E-state index contributed by atoms with van der Waals surface area (Å²) in [7, 11) is 0. The zero-order valence-corrected chi connectivity index (χ0v) is 72.4. The fraction of sp³-hybridized carbons (Fsp3) is 0.171. The summed E-state index contributed by atoms with van der Waals surface area (Å²) in [5.74, 6) is 0. The van der Waals surface area contributed by atoms with Crippen LogP contribution in [0, 0.1) is 11.3 Å². The normalized spacial score (nSPS) is 15.4. The fourth-order valence-corrected chi connectivity index (χ4v) is 19.3. The smallest absolute Gasteiger partial charge is 0.252 e. The molecule has 0 saturated carbocycles. The molecule has 7 nitrogen and oxygen atoms in total. The van der Waals surface area contributed by atoms with E-state index in [0.29, 0.717) is 45.0 Å². The Morgan fingerprint density at radius 1 is 0.272 bits per heavy atom. The van der Waals surface area contributed by atoms with Crippen molar-refractivity contribution in [2.24, 2.45) is 0 Å². The van der Waals surface area contributed by atoms with Crippen molar-refractivity contribution in [2.75, 3.05) is 9.80 Å². The molecule has 0 saturated heterocycles. The first kappa shape index (κ1) is 58.0. The number of para-hydroxylation sites is 3. The van der Waals surface area contributed by atoms with E-state index in [1.54, 1.807) is 6.07 Å². The van der Waals surface area contributed by atoms with Crippen molar-refractivity contribution in [2.45, 2.75) is 131 Å². The van der Waals surface area contributed by atoms with Crippen LogP contribution in [-0.4, -0.2) is 25.0 Å². The molecule has 125 heavy (non-hydrogen) atoms. The second-order valence-electron chi connectivity index (χ2n) is 38.6. The van der Waals surface area contributed by atoms with Gasteiger partial charge in [-0.05, 0) is 233 Å². The molecule has 0 aliphatic carbocycles. The van der Waals surface area contributed by atoms with Crippen LogP contribution < -0.4 is 26.2 Å². The van der Waals surface area contributed by atoms with E-state index in [0.717, 1.165) is 105 Å². The Hall–Kier alpha value is -14.1. The van der Waals surface area contributed by atoms with Crippen LogP contribution in [0.5, 0.6) is 0 Å². The average Bonchev–Trinajstić information content (AvgIpc) is 1.67. The molecule has 16 aromatic carbocycles. The Bertz CT molecular complexity index is 8940. The van der Waals surface area contributed by atoms with Crippen molar-refractivity contribution in [3.63, 3.8) is 0 Å². The lowest BCUT2D eigenvalue weighted by Crippen LogP contribution is -2.61. The van der Waals surface area contributed by atoms with Gasteiger partial charge in [-0.2, -0.15) is 5.26 Å². The Morgan fingerprint density at radius 3 is 1.09 bits per heavy atom. The van der Waals surface area contributed by atoms with Crippen LogP contribution in [0.25, 0.3) is 143 Å². The van der Waals surface area contributed by atoms with Crippen molar-refractivity contribution in [3.8, 4) is 62.2 Å². The van der Waals surface area contributed by atoms with Gasteiger partial charge in [0.25, 0.3) is 6.71 Å². The highest BCUT2D eigenvalue weighted by Crippen LogP contribution is 2.55. The minimum absolute atomic E-state index is 0.00428. The van der Waals surface area contributed by atoms with E-state index in [4.69, 9.17) is 4.11 Å². The van der Waals surface area contributed by atoms with Crippen molar-refractivity contribution in [1.82, 2.24) is 18.3 Å². The third-order valence-corrected chi connectivity index (χ3v) is 25.8. The van der Waals surface area contributed by atoms with Crippen LogP contribution in [0.15, 0.2) is 333 Å². The predicted octanol–water partition coefficient (Wildman–Crippen LogP) is 29.5. The van der Waals surface area contributed by atoms with Gasteiger partial charge in [0, 0.05) is 94.0 Å². The molecule has 0 N–H and O–H groups in total. The maximum absolute atomic E-state index is 12.7. The standard InChI is InChI=1S/C117H100BN7/c1-113(2,3)76-47-56-100-91(60-76)92-61-77(114(4,5)6)48-57-101(92)120(100)82-52-54-95-106(67-82)124(105-66-81(51-46-75(105)71-119)122-99-44-30-27-40-88(99)110-85(41-31-45-104(110)122)72-32-19-16-20-33-72)108-69-84(123-97-42-28-25-38-86(97)87-39-26-29-43-98(87)123)70-109-111(108)118(95)96-55-53-83(121-102-58-49-78(115(7,8)9)62-93(102)94-63-79(116(10,11)12)50-59-103(94)121)68-107(96)125(109)112-89(73-34-21-17-22-35-73)64-80(117(13,14)15)65-90(112)74-36-23-18-24-37-74/h16-70H,1-15H3/i16D,19D,20D,25D,26D,27D,28D,29D,30D,31D,32D,33D,38D,39D,40D,41D,42D,43D,44D,45D. The molecule has 0 bridgehead atoms. The van der Waals surface area contributed by atoms with Gasteiger partial charge in [-0.3, -0.25) is 0 Å². The molecule has 0 radical (unpaired) electrons. The maximum Gasteiger partial charge on any atom is 0.252 e. The van der Waals surface area contributed by atoms with Crippen LogP contribution in [0.3, 0.4) is 0 Å². The highest BCUT2D eigenvalue weighted by molar-refractivity contribution is 7.00. The summed E-state index contributed by atoms with van der Waals surface area (Å²) < 4.78 is 202. The zero-order valence-electron chi connectivity index (χ0n) is 92.4. The Morgan fingerprint density at radius 2 is 0.640 bits per heavy atom. The largest absolute Gasteiger partial charge is 0.310 e. The predicted molar refractivity (Wildman–Crippen MR) is 532 cm³/mol. The Labute approximate surface area is 761 Å². The molecular formula is C117H100BN7. The van der Waals surface area contributed by atoms with Crippen molar-refractivity contribution < 1.29 is 27.4 Å². The number of aromatic nitrogens is 4. The van der Waals surface area contributed by atoms with E-state index in [2.05, 4.69) is 270 Å².